The molecule has 0 bridgehead atoms. The molecule has 0 spiro atoms. The van der Waals surface area contributed by atoms with Crippen molar-refractivity contribution in [3.8, 4) is 0 Å². The highest BCUT2D eigenvalue weighted by atomic mass is 31.2. The molecule has 1 aliphatic rings. The smallest absolute Gasteiger partial charge is 0.408 e. The molecule has 0 heterocycles. The normalized spacial score (nSPS) is 19.1. The minimum Gasteiger partial charge on any atom is -0.449 e. The number of nitrogens with one attached hydrogen (secondary N) is 1. The summed E-state index contributed by atoms with van der Waals surface area (Å²) in [5.41, 5.74) is 0. The van der Waals surface area contributed by atoms with E-state index in [0.29, 0.717) is 6.61 Å². The van der Waals surface area contributed by atoms with Crippen molar-refractivity contribution in [2.45, 2.75) is 6.42 Å². The molecule has 0 aromatic rings. The Bertz CT molecular complexity index is 358. The maximum atomic E-state index is 11.2. The van der Waals surface area contributed by atoms with Crippen LogP contribution in [-0.4, -0.2) is 32.8 Å². The number of carbonyl (C=O) groups excluding carboxylic acids is 1. The summed E-state index contributed by atoms with van der Waals surface area (Å²) in [7, 11) is -2.56. The number of alkyl carbamates (subject to hydrolysis) is 1. The highest BCUT2D eigenvalue weighted by molar-refractivity contribution is 7.57. The first-order valence-corrected chi connectivity index (χ1v) is 7.93. The number of amides is 1. The van der Waals surface area contributed by atoms with E-state index in [0.717, 1.165) is 6.42 Å². The average molecular weight is 259 g/mol. The van der Waals surface area contributed by atoms with Gasteiger partial charge in [0.05, 0.1) is 6.61 Å². The van der Waals surface area contributed by atoms with Gasteiger partial charge < -0.3 is 9.26 Å². The highest BCUT2D eigenvalue weighted by Gasteiger charge is 2.11. The van der Waals surface area contributed by atoms with E-state index in [1.807, 2.05) is 24.3 Å². The molecule has 5 nitrogen and oxygen atoms in total. The van der Waals surface area contributed by atoms with E-state index < -0.39 is 13.5 Å². The SMILES string of the molecule is CP(C)(=O)OCNC(=O)OCC1C=CC=CC1. The van der Waals surface area contributed by atoms with Crippen LogP contribution in [0, 0.1) is 5.92 Å². The zero-order valence-electron chi connectivity index (χ0n) is 10.1. The van der Waals surface area contributed by atoms with Gasteiger partial charge in [0.25, 0.3) is 0 Å². The van der Waals surface area contributed by atoms with E-state index in [4.69, 9.17) is 9.26 Å². The molecule has 0 fully saturated rings. The number of ether oxygens (including phenoxy) is 1. The van der Waals surface area contributed by atoms with Crippen molar-refractivity contribution in [3.05, 3.63) is 24.3 Å². The lowest BCUT2D eigenvalue weighted by Gasteiger charge is -2.14. The fourth-order valence-electron chi connectivity index (χ4n) is 1.24. The van der Waals surface area contributed by atoms with Crippen molar-refractivity contribution >= 4 is 13.5 Å². The van der Waals surface area contributed by atoms with Crippen LogP contribution in [0.25, 0.3) is 0 Å². The molecule has 6 heteroatoms. The van der Waals surface area contributed by atoms with Gasteiger partial charge in [-0.15, -0.1) is 0 Å². The van der Waals surface area contributed by atoms with Gasteiger partial charge in [0.15, 0.2) is 7.37 Å². The minimum absolute atomic E-state index is 0.0937. The molecule has 0 aromatic carbocycles. The maximum Gasteiger partial charge on any atom is 0.408 e. The Kier molecular flexibility index (Phi) is 5.45. The van der Waals surface area contributed by atoms with E-state index in [9.17, 15) is 9.36 Å². The van der Waals surface area contributed by atoms with E-state index >= 15 is 0 Å². The van der Waals surface area contributed by atoms with Crippen LogP contribution < -0.4 is 5.32 Å². The van der Waals surface area contributed by atoms with Gasteiger partial charge in [0.1, 0.15) is 6.73 Å². The highest BCUT2D eigenvalue weighted by Crippen LogP contribution is 2.36. The molecule has 0 radical (unpaired) electrons. The second-order valence-electron chi connectivity index (χ2n) is 4.11. The van der Waals surface area contributed by atoms with Gasteiger partial charge in [0.2, 0.25) is 0 Å². The lowest BCUT2D eigenvalue weighted by atomic mass is 10.0. The quantitative estimate of drug-likeness (QED) is 0.608. The average Bonchev–Trinajstić information content (AvgIpc) is 2.26. The molecule has 1 aliphatic carbocycles. The summed E-state index contributed by atoms with van der Waals surface area (Å²) >= 11 is 0. The number of carbonyl (C=O) groups is 1. The fraction of sp³-hybridized carbons (Fsp3) is 0.545. The lowest BCUT2D eigenvalue weighted by Crippen LogP contribution is -2.28. The van der Waals surface area contributed by atoms with Crippen LogP contribution >= 0.6 is 7.37 Å². The second kappa shape index (κ2) is 6.62. The van der Waals surface area contributed by atoms with Crippen LogP contribution in [0.3, 0.4) is 0 Å². The van der Waals surface area contributed by atoms with E-state index in [-0.39, 0.29) is 12.6 Å². The van der Waals surface area contributed by atoms with Gasteiger partial charge >= 0.3 is 6.09 Å². The monoisotopic (exact) mass is 259 g/mol. The largest absolute Gasteiger partial charge is 0.449 e. The van der Waals surface area contributed by atoms with Crippen molar-refractivity contribution in [1.82, 2.24) is 5.32 Å². The molecule has 0 aromatic heterocycles. The van der Waals surface area contributed by atoms with Crippen molar-refractivity contribution in [1.29, 1.82) is 0 Å². The molecular formula is C11H18NO4P. The van der Waals surface area contributed by atoms with Gasteiger partial charge in [-0.1, -0.05) is 24.3 Å². The van der Waals surface area contributed by atoms with Gasteiger partial charge in [0, 0.05) is 19.2 Å². The summed E-state index contributed by atoms with van der Waals surface area (Å²) in [6.07, 6.45) is 8.24. The Labute approximate surface area is 101 Å². The molecule has 0 aliphatic heterocycles. The van der Waals surface area contributed by atoms with Crippen LogP contribution in [-0.2, 0) is 13.8 Å². The van der Waals surface area contributed by atoms with Gasteiger partial charge in [-0.2, -0.15) is 0 Å². The number of allylic oxidation sites excluding steroid dienone is 3. The van der Waals surface area contributed by atoms with Crippen LogP contribution in [0.15, 0.2) is 24.3 Å². The van der Waals surface area contributed by atoms with Crippen molar-refractivity contribution in [2.24, 2.45) is 5.92 Å². The van der Waals surface area contributed by atoms with Crippen molar-refractivity contribution in [3.63, 3.8) is 0 Å². The Morgan fingerprint density at radius 2 is 2.24 bits per heavy atom. The van der Waals surface area contributed by atoms with E-state index in [1.54, 1.807) is 0 Å². The molecule has 17 heavy (non-hydrogen) atoms. The summed E-state index contributed by atoms with van der Waals surface area (Å²) in [4.78, 5) is 11.2. The second-order valence-corrected chi connectivity index (χ2v) is 6.87. The zero-order valence-corrected chi connectivity index (χ0v) is 11.0. The third-order valence-electron chi connectivity index (χ3n) is 2.09. The van der Waals surface area contributed by atoms with Crippen LogP contribution in [0.2, 0.25) is 0 Å². The molecule has 1 rings (SSSR count). The molecule has 1 N–H and O–H groups in total. The molecule has 0 saturated heterocycles. The van der Waals surface area contributed by atoms with Crippen LogP contribution in [0.4, 0.5) is 4.79 Å². The van der Waals surface area contributed by atoms with Crippen LogP contribution in [0.5, 0.6) is 0 Å². The van der Waals surface area contributed by atoms with E-state index in [2.05, 4.69) is 5.32 Å². The summed E-state index contributed by atoms with van der Waals surface area (Å²) in [5.74, 6) is 0.232. The number of hydrogen-bond acceptors (Lipinski definition) is 4. The van der Waals surface area contributed by atoms with Crippen LogP contribution in [0.1, 0.15) is 6.42 Å². The summed E-state index contributed by atoms with van der Waals surface area (Å²) in [5, 5.41) is 2.38. The standard InChI is InChI=1S/C11H18NO4P/c1-17(2,14)16-9-12-11(13)15-8-10-6-4-3-5-7-10/h3-6,10H,7-9H2,1-2H3,(H,12,13). The maximum absolute atomic E-state index is 11.2. The summed E-state index contributed by atoms with van der Waals surface area (Å²) in [6.45, 7) is 3.21. The first-order chi connectivity index (χ1) is 7.97. The molecule has 96 valence electrons. The van der Waals surface area contributed by atoms with Crippen molar-refractivity contribution < 1.29 is 18.6 Å². The first-order valence-electron chi connectivity index (χ1n) is 5.41. The molecule has 1 unspecified atom stereocenters. The number of hydrogen-bond donors (Lipinski definition) is 1. The minimum atomic E-state index is -2.56. The topological polar surface area (TPSA) is 64.6 Å². The van der Waals surface area contributed by atoms with E-state index in [1.165, 1.54) is 13.3 Å². The summed E-state index contributed by atoms with van der Waals surface area (Å²) in [6, 6.07) is 0. The van der Waals surface area contributed by atoms with Gasteiger partial charge in [-0.3, -0.25) is 9.88 Å². The fourth-order valence-corrected chi connectivity index (χ4v) is 1.61. The predicted molar refractivity (Wildman–Crippen MR) is 66.3 cm³/mol. The Hall–Kier alpha value is -1.06. The Morgan fingerprint density at radius 3 is 2.82 bits per heavy atom. The lowest BCUT2D eigenvalue weighted by molar-refractivity contribution is 0.126. The third-order valence-corrected chi connectivity index (χ3v) is 2.84. The first kappa shape index (κ1) is 14.0. The molecular weight excluding hydrogens is 241 g/mol. The Morgan fingerprint density at radius 1 is 1.47 bits per heavy atom. The molecule has 1 amide bonds. The van der Waals surface area contributed by atoms with Gasteiger partial charge in [-0.25, -0.2) is 4.79 Å². The van der Waals surface area contributed by atoms with Gasteiger partial charge in [-0.05, 0) is 6.42 Å². The summed E-state index contributed by atoms with van der Waals surface area (Å²) < 4.78 is 21.1. The molecule has 1 atom stereocenters. The Balaban J connectivity index is 2.11. The zero-order chi connectivity index (χ0) is 12.7. The number of rotatable bonds is 5. The molecule has 0 saturated carbocycles. The predicted octanol–water partition coefficient (Wildman–Crippen LogP) is 2.36. The third kappa shape index (κ3) is 6.97. The van der Waals surface area contributed by atoms with Crippen molar-refractivity contribution in [2.75, 3.05) is 26.7 Å².